The molecule has 0 saturated heterocycles. The molecule has 0 atom stereocenters. The second-order valence-corrected chi connectivity index (χ2v) is 3.91. The van der Waals surface area contributed by atoms with Crippen LogP contribution in [0.2, 0.25) is 5.02 Å². The standard InChI is InChI=1S/C10H9BCl2O/c11-9-5-4-8(12)6-7(9)2-1-3-10(13)14/h4-6H,1-3H2. The van der Waals surface area contributed by atoms with Gasteiger partial charge in [0.1, 0.15) is 7.85 Å². The van der Waals surface area contributed by atoms with Gasteiger partial charge in [0.15, 0.2) is 0 Å². The molecule has 0 N–H and O–H groups in total. The van der Waals surface area contributed by atoms with Crippen LogP contribution in [0.4, 0.5) is 0 Å². The average molecular weight is 227 g/mol. The second-order valence-electron chi connectivity index (χ2n) is 3.05. The quantitative estimate of drug-likeness (QED) is 0.569. The molecule has 0 aliphatic heterocycles. The maximum absolute atomic E-state index is 10.5. The molecular weight excluding hydrogens is 218 g/mol. The van der Waals surface area contributed by atoms with Gasteiger partial charge in [0, 0.05) is 11.4 Å². The van der Waals surface area contributed by atoms with Crippen LogP contribution in [0.1, 0.15) is 18.4 Å². The molecule has 1 aromatic carbocycles. The maximum Gasteiger partial charge on any atom is 0.221 e. The van der Waals surface area contributed by atoms with Crippen LogP contribution in [-0.2, 0) is 11.2 Å². The third-order valence-electron chi connectivity index (χ3n) is 1.92. The van der Waals surface area contributed by atoms with Gasteiger partial charge in [-0.05, 0) is 36.6 Å². The van der Waals surface area contributed by atoms with Crippen LogP contribution >= 0.6 is 23.2 Å². The summed E-state index contributed by atoms with van der Waals surface area (Å²) in [5, 5.41) is 0.344. The smallest absolute Gasteiger partial charge is 0.221 e. The van der Waals surface area contributed by atoms with Gasteiger partial charge in [-0.2, -0.15) is 0 Å². The van der Waals surface area contributed by atoms with E-state index in [4.69, 9.17) is 31.0 Å². The molecule has 14 heavy (non-hydrogen) atoms. The second kappa shape index (κ2) is 5.42. The van der Waals surface area contributed by atoms with Crippen LogP contribution in [0.15, 0.2) is 18.2 Å². The van der Waals surface area contributed by atoms with Gasteiger partial charge in [0.25, 0.3) is 0 Å². The van der Waals surface area contributed by atoms with Gasteiger partial charge in [0.05, 0.1) is 0 Å². The Labute approximate surface area is 94.8 Å². The molecule has 0 amide bonds. The molecule has 1 aromatic rings. The molecule has 0 heterocycles. The summed E-state index contributed by atoms with van der Waals surface area (Å²) in [6.45, 7) is 0. The van der Waals surface area contributed by atoms with Crippen molar-refractivity contribution in [2.75, 3.05) is 0 Å². The summed E-state index contributed by atoms with van der Waals surface area (Å²) in [7, 11) is 5.73. The number of carbonyl (C=O) groups is 1. The lowest BCUT2D eigenvalue weighted by Crippen LogP contribution is -2.10. The Morgan fingerprint density at radius 3 is 2.79 bits per heavy atom. The Morgan fingerprint density at radius 2 is 2.14 bits per heavy atom. The number of carbonyl (C=O) groups excluding carboxylic acids is 1. The van der Waals surface area contributed by atoms with Crippen molar-refractivity contribution in [2.24, 2.45) is 0 Å². The highest BCUT2D eigenvalue weighted by Crippen LogP contribution is 2.11. The van der Waals surface area contributed by atoms with Crippen LogP contribution in [0.5, 0.6) is 0 Å². The van der Waals surface area contributed by atoms with Crippen molar-refractivity contribution >= 4 is 41.8 Å². The van der Waals surface area contributed by atoms with E-state index in [0.29, 0.717) is 23.3 Å². The Hall–Kier alpha value is -0.465. The van der Waals surface area contributed by atoms with Gasteiger partial charge in [-0.1, -0.05) is 28.7 Å². The first-order valence-corrected chi connectivity index (χ1v) is 5.07. The molecule has 4 heteroatoms. The van der Waals surface area contributed by atoms with Crippen LogP contribution in [0.25, 0.3) is 0 Å². The lowest BCUT2D eigenvalue weighted by Gasteiger charge is -2.05. The van der Waals surface area contributed by atoms with E-state index in [1.165, 1.54) is 0 Å². The molecule has 0 aliphatic carbocycles. The molecule has 0 aliphatic rings. The summed E-state index contributed by atoms with van der Waals surface area (Å²) in [6, 6.07) is 5.32. The predicted molar refractivity (Wildman–Crippen MR) is 60.6 cm³/mol. The summed E-state index contributed by atoms with van der Waals surface area (Å²) in [6.07, 6.45) is 1.80. The zero-order valence-corrected chi connectivity index (χ0v) is 9.11. The van der Waals surface area contributed by atoms with E-state index in [1.54, 1.807) is 12.1 Å². The highest BCUT2D eigenvalue weighted by molar-refractivity contribution is 6.63. The lowest BCUT2D eigenvalue weighted by molar-refractivity contribution is -0.111. The molecule has 1 nitrogen and oxygen atoms in total. The van der Waals surface area contributed by atoms with Gasteiger partial charge in [-0.3, -0.25) is 4.79 Å². The average Bonchev–Trinajstić information content (AvgIpc) is 2.10. The number of hydrogen-bond acceptors (Lipinski definition) is 1. The molecule has 0 unspecified atom stereocenters. The topological polar surface area (TPSA) is 17.1 Å². The zero-order valence-electron chi connectivity index (χ0n) is 7.59. The summed E-state index contributed by atoms with van der Waals surface area (Å²) in [5.41, 5.74) is 1.67. The Bertz CT molecular complexity index is 339. The fraction of sp³-hybridized carbons (Fsp3) is 0.300. The summed E-state index contributed by atoms with van der Waals surface area (Å²) in [5.74, 6) is 0. The first-order valence-electron chi connectivity index (χ1n) is 4.32. The van der Waals surface area contributed by atoms with Crippen molar-refractivity contribution < 1.29 is 4.79 Å². The molecular formula is C10H9BCl2O. The minimum absolute atomic E-state index is 0.314. The zero-order chi connectivity index (χ0) is 10.6. The first kappa shape index (κ1) is 11.6. The molecule has 1 rings (SSSR count). The predicted octanol–water partition coefficient (Wildman–Crippen LogP) is 2.22. The highest BCUT2D eigenvalue weighted by Gasteiger charge is 2.01. The number of aryl methyl sites for hydroxylation is 1. The van der Waals surface area contributed by atoms with E-state index in [1.807, 2.05) is 6.07 Å². The van der Waals surface area contributed by atoms with Crippen molar-refractivity contribution in [3.8, 4) is 0 Å². The van der Waals surface area contributed by atoms with E-state index >= 15 is 0 Å². The monoisotopic (exact) mass is 226 g/mol. The van der Waals surface area contributed by atoms with Crippen LogP contribution < -0.4 is 5.46 Å². The molecule has 2 radical (unpaired) electrons. The molecule has 0 aromatic heterocycles. The van der Waals surface area contributed by atoms with Crippen molar-refractivity contribution in [1.29, 1.82) is 0 Å². The number of hydrogen-bond donors (Lipinski definition) is 0. The summed E-state index contributed by atoms with van der Waals surface area (Å²) >= 11 is 11.0. The SMILES string of the molecule is [B]c1ccc(Cl)cc1CCCC(=O)Cl. The normalized spacial score (nSPS) is 10.1. The van der Waals surface area contributed by atoms with Crippen molar-refractivity contribution in [3.05, 3.63) is 28.8 Å². The van der Waals surface area contributed by atoms with Crippen LogP contribution in [0, 0.1) is 0 Å². The van der Waals surface area contributed by atoms with E-state index in [9.17, 15) is 4.79 Å². The van der Waals surface area contributed by atoms with Crippen molar-refractivity contribution in [3.63, 3.8) is 0 Å². The largest absolute Gasteiger partial charge is 0.281 e. The van der Waals surface area contributed by atoms with E-state index in [0.717, 1.165) is 12.0 Å². The van der Waals surface area contributed by atoms with E-state index < -0.39 is 0 Å². The first-order chi connectivity index (χ1) is 6.59. The summed E-state index contributed by atoms with van der Waals surface area (Å²) < 4.78 is 0. The van der Waals surface area contributed by atoms with Gasteiger partial charge in [-0.25, -0.2) is 0 Å². The minimum Gasteiger partial charge on any atom is -0.281 e. The van der Waals surface area contributed by atoms with Crippen LogP contribution in [-0.4, -0.2) is 13.1 Å². The van der Waals surface area contributed by atoms with Crippen molar-refractivity contribution in [1.82, 2.24) is 0 Å². The number of benzene rings is 1. The van der Waals surface area contributed by atoms with E-state index in [-0.39, 0.29) is 5.24 Å². The third kappa shape index (κ3) is 3.73. The molecule has 72 valence electrons. The number of halogens is 2. The Kier molecular flexibility index (Phi) is 4.50. The molecule has 0 bridgehead atoms. The fourth-order valence-corrected chi connectivity index (χ4v) is 1.54. The molecule has 0 saturated carbocycles. The fourth-order valence-electron chi connectivity index (χ4n) is 1.21. The summed E-state index contributed by atoms with van der Waals surface area (Å²) in [4.78, 5) is 10.5. The number of rotatable bonds is 4. The highest BCUT2D eigenvalue weighted by atomic mass is 35.5. The third-order valence-corrected chi connectivity index (χ3v) is 2.35. The minimum atomic E-state index is -0.314. The Morgan fingerprint density at radius 1 is 1.43 bits per heavy atom. The molecule has 0 spiro atoms. The lowest BCUT2D eigenvalue weighted by atomic mass is 9.88. The van der Waals surface area contributed by atoms with Gasteiger partial charge in [0.2, 0.25) is 5.24 Å². The van der Waals surface area contributed by atoms with E-state index in [2.05, 4.69) is 0 Å². The Balaban J connectivity index is 2.57. The van der Waals surface area contributed by atoms with Gasteiger partial charge in [-0.15, -0.1) is 0 Å². The van der Waals surface area contributed by atoms with Gasteiger partial charge >= 0.3 is 0 Å². The van der Waals surface area contributed by atoms with Crippen molar-refractivity contribution in [2.45, 2.75) is 19.3 Å². The van der Waals surface area contributed by atoms with Crippen LogP contribution in [0.3, 0.4) is 0 Å². The maximum atomic E-state index is 10.5. The van der Waals surface area contributed by atoms with Gasteiger partial charge < -0.3 is 0 Å². The molecule has 0 fully saturated rings.